The van der Waals surface area contributed by atoms with Crippen LogP contribution >= 0.6 is 0 Å². The molecule has 2 amide bonds. The van der Waals surface area contributed by atoms with Crippen LogP contribution in [0.1, 0.15) is 40.0 Å². The fourth-order valence-corrected chi connectivity index (χ4v) is 5.39. The smallest absolute Gasteiger partial charge is 0.260 e. The summed E-state index contributed by atoms with van der Waals surface area (Å²) < 4.78 is 23.0. The molecule has 206 valence electrons. The number of fused-ring (bicyclic) bond motifs is 4. The number of nitrogens with zero attached hydrogens (tertiary/aromatic N) is 4. The maximum Gasteiger partial charge on any atom is 0.260 e. The van der Waals surface area contributed by atoms with Crippen LogP contribution in [0.15, 0.2) is 58.7 Å². The quantitative estimate of drug-likeness (QED) is 0.360. The zero-order valence-corrected chi connectivity index (χ0v) is 22.5. The Morgan fingerprint density at radius 1 is 0.800 bits per heavy atom. The summed E-state index contributed by atoms with van der Waals surface area (Å²) in [4.78, 5) is 38.7. The lowest BCUT2D eigenvalue weighted by Crippen LogP contribution is -2.48. The molecule has 6 rings (SSSR count). The minimum atomic E-state index is -0.140. The minimum absolute atomic E-state index is 0.0640. The number of benzene rings is 2. The molecule has 10 heteroatoms. The summed E-state index contributed by atoms with van der Waals surface area (Å²) in [7, 11) is 3.07. The maximum absolute atomic E-state index is 13.2. The van der Waals surface area contributed by atoms with Gasteiger partial charge in [-0.05, 0) is 18.6 Å². The van der Waals surface area contributed by atoms with Crippen molar-refractivity contribution in [1.82, 2.24) is 9.80 Å². The Morgan fingerprint density at radius 3 is 1.95 bits per heavy atom. The van der Waals surface area contributed by atoms with E-state index in [0.717, 1.165) is 24.1 Å². The lowest BCUT2D eigenvalue weighted by molar-refractivity contribution is 0.0705. The Balaban J connectivity index is 1.11. The molecule has 0 saturated carbocycles. The number of amides is 2. The van der Waals surface area contributed by atoms with Crippen LogP contribution in [-0.2, 0) is 0 Å². The minimum Gasteiger partial charge on any atom is -0.493 e. The number of ether oxygens (including phenoxy) is 4. The number of rotatable bonds is 8. The Kier molecular flexibility index (Phi) is 6.53. The number of methoxy groups -OCH3 is 2. The maximum atomic E-state index is 13.2. The van der Waals surface area contributed by atoms with Crippen LogP contribution in [0.25, 0.3) is 0 Å². The van der Waals surface area contributed by atoms with Crippen molar-refractivity contribution in [3.63, 3.8) is 0 Å². The van der Waals surface area contributed by atoms with Gasteiger partial charge in [-0.15, -0.1) is 0 Å². The van der Waals surface area contributed by atoms with E-state index in [1.54, 1.807) is 53.6 Å². The monoisotopic (exact) mass is 542 g/mol. The first-order valence-corrected chi connectivity index (χ1v) is 13.1. The van der Waals surface area contributed by atoms with Crippen LogP contribution in [0.3, 0.4) is 0 Å². The zero-order chi connectivity index (χ0) is 28.0. The van der Waals surface area contributed by atoms with E-state index in [-0.39, 0.29) is 23.9 Å². The third-order valence-corrected chi connectivity index (χ3v) is 7.49. The molecule has 10 nitrogen and oxygen atoms in total. The second-order valence-electron chi connectivity index (χ2n) is 10.1. The molecule has 2 aromatic carbocycles. The van der Waals surface area contributed by atoms with Gasteiger partial charge >= 0.3 is 0 Å². The second kappa shape index (κ2) is 10.2. The summed E-state index contributed by atoms with van der Waals surface area (Å²) in [6, 6.07) is 6.67. The van der Waals surface area contributed by atoms with Crippen molar-refractivity contribution in [3.05, 3.63) is 59.8 Å². The summed E-state index contributed by atoms with van der Waals surface area (Å²) in [5, 5.41) is 0. The van der Waals surface area contributed by atoms with E-state index in [2.05, 4.69) is 23.1 Å². The van der Waals surface area contributed by atoms with Gasteiger partial charge in [0, 0.05) is 49.6 Å². The highest BCUT2D eigenvalue weighted by atomic mass is 16.5. The lowest BCUT2D eigenvalue weighted by Gasteiger charge is -2.39. The summed E-state index contributed by atoms with van der Waals surface area (Å²) in [5.41, 5.74) is 3.82. The average Bonchev–Trinajstić information content (AvgIpc) is 3.22. The van der Waals surface area contributed by atoms with Crippen molar-refractivity contribution in [3.8, 4) is 23.0 Å². The van der Waals surface area contributed by atoms with Gasteiger partial charge in [-0.1, -0.05) is 18.7 Å². The molecule has 0 aromatic heterocycles. The van der Waals surface area contributed by atoms with Crippen LogP contribution in [0.4, 0.5) is 11.4 Å². The Hall–Kier alpha value is -4.60. The first-order valence-electron chi connectivity index (χ1n) is 13.1. The molecule has 4 heterocycles. The number of hydrogen-bond donors (Lipinski definition) is 0. The molecule has 0 aliphatic carbocycles. The Bertz CT molecular complexity index is 1500. The topological polar surface area (TPSA) is 102 Å². The molecule has 0 N–H and O–H groups in total. The highest BCUT2D eigenvalue weighted by Gasteiger charge is 2.38. The number of carbonyl (C=O) groups excluding carboxylic acids is 2. The van der Waals surface area contributed by atoms with Gasteiger partial charge in [-0.2, -0.15) is 0 Å². The van der Waals surface area contributed by atoms with Crippen LogP contribution in [0.5, 0.6) is 23.0 Å². The number of carbonyl (C=O) groups is 2. The van der Waals surface area contributed by atoms with E-state index in [0.29, 0.717) is 71.7 Å². The summed E-state index contributed by atoms with van der Waals surface area (Å²) in [6.45, 7) is 9.17. The molecule has 2 unspecified atom stereocenters. The van der Waals surface area contributed by atoms with Gasteiger partial charge in [0.25, 0.3) is 11.8 Å². The van der Waals surface area contributed by atoms with Crippen molar-refractivity contribution >= 4 is 35.6 Å². The van der Waals surface area contributed by atoms with Gasteiger partial charge in [-0.25, -0.2) is 0 Å². The molecule has 0 spiro atoms. The third-order valence-electron chi connectivity index (χ3n) is 7.49. The fourth-order valence-electron chi connectivity index (χ4n) is 5.39. The van der Waals surface area contributed by atoms with Crippen molar-refractivity contribution in [2.45, 2.75) is 31.3 Å². The number of hydrogen-bond acceptors (Lipinski definition) is 8. The fraction of sp³-hybridized carbons (Fsp3) is 0.333. The van der Waals surface area contributed by atoms with Crippen LogP contribution < -0.4 is 18.9 Å². The predicted molar refractivity (Wildman–Crippen MR) is 150 cm³/mol. The second-order valence-corrected chi connectivity index (χ2v) is 10.1. The van der Waals surface area contributed by atoms with Crippen molar-refractivity contribution in [2.75, 3.05) is 34.0 Å². The first-order chi connectivity index (χ1) is 19.4. The summed E-state index contributed by atoms with van der Waals surface area (Å²) in [5.74, 6) is 1.67. The molecule has 4 aliphatic heterocycles. The zero-order valence-electron chi connectivity index (χ0n) is 22.5. The standard InChI is InChI=1S/C30H30N4O6/c1-17-8-19-14-31-23-12-27(25(37-3)10-21(23)29(35)33(19)16-17)39-6-5-7-40-28-13-24-22(11-26(28)38-4)30(36)34-18(2)9-20(34)15-32-24/h10-15,19-20H,1-2,5-9,16H2,3-4H3. The van der Waals surface area contributed by atoms with Crippen LogP contribution in [0.2, 0.25) is 0 Å². The average molecular weight is 543 g/mol. The van der Waals surface area contributed by atoms with Gasteiger partial charge in [0.05, 0.1) is 62.0 Å². The molecular weight excluding hydrogens is 512 g/mol. The Labute approximate surface area is 232 Å². The predicted octanol–water partition coefficient (Wildman–Crippen LogP) is 4.48. The molecular formula is C30H30N4O6. The first kappa shape index (κ1) is 25.7. The highest BCUT2D eigenvalue weighted by Crippen LogP contribution is 2.41. The van der Waals surface area contributed by atoms with E-state index >= 15 is 0 Å². The van der Waals surface area contributed by atoms with Gasteiger partial charge < -0.3 is 28.7 Å². The van der Waals surface area contributed by atoms with E-state index in [4.69, 9.17) is 18.9 Å². The van der Waals surface area contributed by atoms with E-state index in [1.807, 2.05) is 0 Å². The molecule has 4 aliphatic rings. The van der Waals surface area contributed by atoms with Gasteiger partial charge in [0.2, 0.25) is 0 Å². The third kappa shape index (κ3) is 4.39. The van der Waals surface area contributed by atoms with Crippen molar-refractivity contribution in [2.24, 2.45) is 9.98 Å². The largest absolute Gasteiger partial charge is 0.493 e. The molecule has 0 radical (unpaired) electrons. The molecule has 2 aromatic rings. The molecule has 2 atom stereocenters. The Morgan fingerprint density at radius 2 is 1.38 bits per heavy atom. The number of aliphatic imine (C=N–C) groups is 2. The summed E-state index contributed by atoms with van der Waals surface area (Å²) >= 11 is 0. The van der Waals surface area contributed by atoms with E-state index in [1.165, 1.54) is 7.11 Å². The summed E-state index contributed by atoms with van der Waals surface area (Å²) in [6.07, 6.45) is 5.57. The molecule has 0 bridgehead atoms. The molecule has 2 saturated heterocycles. The SMILES string of the molecule is C=C1CC2C=Nc3cc(OCCCOc4cc5c(cc4OC)C(=O)N4C(=C)CC4C=N5)c(OC)cc3C(=O)N2C1. The lowest BCUT2D eigenvalue weighted by atomic mass is 9.99. The van der Waals surface area contributed by atoms with Crippen molar-refractivity contribution < 1.29 is 28.5 Å². The van der Waals surface area contributed by atoms with E-state index in [9.17, 15) is 9.59 Å². The van der Waals surface area contributed by atoms with Crippen LogP contribution in [-0.4, -0.2) is 80.1 Å². The van der Waals surface area contributed by atoms with Gasteiger partial charge in [0.15, 0.2) is 23.0 Å². The van der Waals surface area contributed by atoms with Crippen molar-refractivity contribution in [1.29, 1.82) is 0 Å². The molecule has 2 fully saturated rings. The van der Waals surface area contributed by atoms with Crippen LogP contribution in [0, 0.1) is 0 Å². The van der Waals surface area contributed by atoms with E-state index < -0.39 is 0 Å². The van der Waals surface area contributed by atoms with Gasteiger partial charge in [0.1, 0.15) is 0 Å². The highest BCUT2D eigenvalue weighted by molar-refractivity contribution is 6.05. The normalized spacial score (nSPS) is 20.6. The van der Waals surface area contributed by atoms with Gasteiger partial charge in [-0.3, -0.25) is 19.6 Å². The molecule has 40 heavy (non-hydrogen) atoms.